The van der Waals surface area contributed by atoms with Gasteiger partial charge < -0.3 is 14.7 Å². The molecule has 1 saturated heterocycles. The Bertz CT molecular complexity index is 930. The molecule has 2 aromatic rings. The fourth-order valence-corrected chi connectivity index (χ4v) is 4.37. The van der Waals surface area contributed by atoms with Gasteiger partial charge in [-0.2, -0.15) is 4.39 Å². The van der Waals surface area contributed by atoms with E-state index in [-0.39, 0.29) is 28.8 Å². The predicted molar refractivity (Wildman–Crippen MR) is 98.1 cm³/mol. The summed E-state index contributed by atoms with van der Waals surface area (Å²) >= 11 is 0. The van der Waals surface area contributed by atoms with Gasteiger partial charge in [-0.3, -0.25) is 9.59 Å². The molecule has 1 aliphatic heterocycles. The van der Waals surface area contributed by atoms with E-state index in [4.69, 9.17) is 4.52 Å². The molecule has 1 spiro atoms. The second kappa shape index (κ2) is 7.53. The number of carbonyl (C=O) groups is 2. The summed E-state index contributed by atoms with van der Waals surface area (Å²) in [4.78, 5) is 29.8. The van der Waals surface area contributed by atoms with Crippen molar-refractivity contribution in [3.05, 3.63) is 47.1 Å². The second-order valence-corrected chi connectivity index (χ2v) is 7.88. The fraction of sp³-hybridized carbons (Fsp3) is 0.500. The van der Waals surface area contributed by atoms with Gasteiger partial charge in [-0.15, -0.1) is 0 Å². The van der Waals surface area contributed by atoms with Crippen molar-refractivity contribution < 1.29 is 22.9 Å². The number of aromatic nitrogens is 2. The molecule has 1 N–H and O–H groups in total. The molecule has 0 radical (unpaired) electrons. The number of hydrogen-bond acceptors (Lipinski definition) is 5. The average Bonchev–Trinajstić information content (AvgIpc) is 3.18. The van der Waals surface area contributed by atoms with Crippen LogP contribution in [-0.4, -0.2) is 46.0 Å². The Morgan fingerprint density at radius 1 is 1.28 bits per heavy atom. The van der Waals surface area contributed by atoms with Crippen molar-refractivity contribution >= 4 is 11.8 Å². The number of nitrogens with one attached hydrogen (secondary N) is 1. The van der Waals surface area contributed by atoms with Gasteiger partial charge in [0.15, 0.2) is 5.82 Å². The van der Waals surface area contributed by atoms with Crippen LogP contribution in [0.25, 0.3) is 0 Å². The van der Waals surface area contributed by atoms with Crippen molar-refractivity contribution in [1.29, 1.82) is 0 Å². The summed E-state index contributed by atoms with van der Waals surface area (Å²) in [5.41, 5.74) is 0.650. The van der Waals surface area contributed by atoms with Crippen LogP contribution in [-0.2, 0) is 6.42 Å². The van der Waals surface area contributed by atoms with Crippen LogP contribution in [0.15, 0.2) is 23.0 Å². The molecule has 1 aliphatic carbocycles. The molecule has 0 atom stereocenters. The molecular formula is C20H22F2N4O3. The lowest BCUT2D eigenvalue weighted by atomic mass is 9.60. The maximum Gasteiger partial charge on any atom is 0.256 e. The molecule has 1 saturated carbocycles. The quantitative estimate of drug-likeness (QED) is 0.792. The first-order valence-corrected chi connectivity index (χ1v) is 9.75. The SMILES string of the molecule is CCc1oncc1C(=O)NC1CC2(CCN(C(=O)c3cnc(F)c(F)c3)CC2)C1. The van der Waals surface area contributed by atoms with Gasteiger partial charge in [0.2, 0.25) is 5.95 Å². The van der Waals surface area contributed by atoms with Gasteiger partial charge in [-0.1, -0.05) is 12.1 Å². The molecular weight excluding hydrogens is 382 g/mol. The van der Waals surface area contributed by atoms with Crippen molar-refractivity contribution in [2.24, 2.45) is 5.41 Å². The maximum atomic E-state index is 13.3. The van der Waals surface area contributed by atoms with E-state index in [9.17, 15) is 18.4 Å². The van der Waals surface area contributed by atoms with E-state index in [1.54, 1.807) is 4.90 Å². The molecule has 9 heteroatoms. The molecule has 29 heavy (non-hydrogen) atoms. The average molecular weight is 404 g/mol. The van der Waals surface area contributed by atoms with Gasteiger partial charge in [0.1, 0.15) is 11.3 Å². The summed E-state index contributed by atoms with van der Waals surface area (Å²) in [7, 11) is 0. The number of likely N-dealkylation sites (tertiary alicyclic amines) is 1. The zero-order valence-electron chi connectivity index (χ0n) is 16.1. The summed E-state index contributed by atoms with van der Waals surface area (Å²) in [6.45, 7) is 3.00. The molecule has 7 nitrogen and oxygen atoms in total. The van der Waals surface area contributed by atoms with Crippen molar-refractivity contribution in [2.75, 3.05) is 13.1 Å². The monoisotopic (exact) mass is 404 g/mol. The highest BCUT2D eigenvalue weighted by molar-refractivity contribution is 5.95. The first-order chi connectivity index (χ1) is 13.9. The van der Waals surface area contributed by atoms with Crippen molar-refractivity contribution in [3.63, 3.8) is 0 Å². The van der Waals surface area contributed by atoms with Gasteiger partial charge >= 0.3 is 0 Å². The molecule has 0 unspecified atom stereocenters. The highest BCUT2D eigenvalue weighted by Crippen LogP contribution is 2.49. The van der Waals surface area contributed by atoms with Gasteiger partial charge in [0.25, 0.3) is 11.8 Å². The van der Waals surface area contributed by atoms with Crippen LogP contribution in [0.4, 0.5) is 8.78 Å². The van der Waals surface area contributed by atoms with E-state index in [2.05, 4.69) is 15.5 Å². The molecule has 0 aromatic carbocycles. The lowest BCUT2D eigenvalue weighted by Gasteiger charge is -2.52. The number of hydrogen-bond donors (Lipinski definition) is 1. The number of carbonyl (C=O) groups excluding carboxylic acids is 2. The zero-order valence-corrected chi connectivity index (χ0v) is 16.1. The van der Waals surface area contributed by atoms with E-state index in [1.807, 2.05) is 6.92 Å². The molecule has 3 heterocycles. The minimum absolute atomic E-state index is 0.0547. The third-order valence-electron chi connectivity index (χ3n) is 6.06. The van der Waals surface area contributed by atoms with Crippen LogP contribution >= 0.6 is 0 Å². The van der Waals surface area contributed by atoms with E-state index >= 15 is 0 Å². The van der Waals surface area contributed by atoms with Crippen molar-refractivity contribution in [3.8, 4) is 0 Å². The summed E-state index contributed by atoms with van der Waals surface area (Å²) < 4.78 is 31.4. The Kier molecular flexibility index (Phi) is 5.06. The Hall–Kier alpha value is -2.84. The van der Waals surface area contributed by atoms with E-state index in [0.29, 0.717) is 30.8 Å². The zero-order chi connectivity index (χ0) is 20.6. The number of aryl methyl sites for hydroxylation is 1. The van der Waals surface area contributed by atoms with Crippen molar-refractivity contribution in [1.82, 2.24) is 20.4 Å². The Morgan fingerprint density at radius 3 is 2.66 bits per heavy atom. The Balaban J connectivity index is 1.29. The predicted octanol–water partition coefficient (Wildman–Crippen LogP) is 2.73. The van der Waals surface area contributed by atoms with E-state index < -0.39 is 11.8 Å². The van der Waals surface area contributed by atoms with Crippen molar-refractivity contribution in [2.45, 2.75) is 45.1 Å². The highest BCUT2D eigenvalue weighted by atomic mass is 19.2. The minimum atomic E-state index is -1.21. The lowest BCUT2D eigenvalue weighted by molar-refractivity contribution is 0.00858. The topological polar surface area (TPSA) is 88.3 Å². The van der Waals surface area contributed by atoms with Crippen LogP contribution < -0.4 is 5.32 Å². The number of nitrogens with zero attached hydrogens (tertiary/aromatic N) is 3. The molecule has 4 rings (SSSR count). The fourth-order valence-electron chi connectivity index (χ4n) is 4.37. The molecule has 2 amide bonds. The normalized spacial score (nSPS) is 18.5. The number of rotatable bonds is 4. The van der Waals surface area contributed by atoms with Gasteiger partial charge in [-0.25, -0.2) is 9.37 Å². The number of amides is 2. The molecule has 2 aliphatic rings. The van der Waals surface area contributed by atoms with E-state index in [1.165, 1.54) is 6.20 Å². The first-order valence-electron chi connectivity index (χ1n) is 9.75. The smallest absolute Gasteiger partial charge is 0.256 e. The van der Waals surface area contributed by atoms with Crippen LogP contribution in [0.3, 0.4) is 0 Å². The number of halogens is 2. The summed E-state index contributed by atoms with van der Waals surface area (Å²) in [5, 5.41) is 6.72. The standard InChI is InChI=1S/C20H22F2N4O3/c1-2-16-14(11-24-29-16)18(27)25-13-8-20(9-13)3-5-26(6-4-20)19(28)12-7-15(21)17(22)23-10-12/h7,10-11,13H,2-6,8-9H2,1H3,(H,25,27). The van der Waals surface area contributed by atoms with E-state index in [0.717, 1.165) is 37.9 Å². The van der Waals surface area contributed by atoms with Gasteiger partial charge in [0, 0.05) is 31.7 Å². The largest absolute Gasteiger partial charge is 0.361 e. The van der Waals surface area contributed by atoms with Gasteiger partial charge in [0.05, 0.1) is 11.8 Å². The summed E-state index contributed by atoms with van der Waals surface area (Å²) in [6.07, 6.45) is 6.47. The van der Waals surface area contributed by atoms with Crippen LogP contribution in [0.1, 0.15) is 59.1 Å². The van der Waals surface area contributed by atoms with Crippen LogP contribution in [0, 0.1) is 17.2 Å². The Morgan fingerprint density at radius 2 is 2.00 bits per heavy atom. The molecule has 0 bridgehead atoms. The number of pyridine rings is 1. The lowest BCUT2D eigenvalue weighted by Crippen LogP contribution is -2.55. The Labute approximate surface area is 166 Å². The maximum absolute atomic E-state index is 13.3. The van der Waals surface area contributed by atoms with Gasteiger partial charge in [-0.05, 0) is 37.2 Å². The number of piperidine rings is 1. The molecule has 2 aromatic heterocycles. The third kappa shape index (κ3) is 3.73. The summed E-state index contributed by atoms with van der Waals surface area (Å²) in [6, 6.07) is 0.985. The second-order valence-electron chi connectivity index (χ2n) is 7.88. The highest BCUT2D eigenvalue weighted by Gasteiger charge is 2.47. The van der Waals surface area contributed by atoms with Crippen LogP contribution in [0.2, 0.25) is 0 Å². The minimum Gasteiger partial charge on any atom is -0.361 e. The molecule has 154 valence electrons. The molecule has 2 fully saturated rings. The van der Waals surface area contributed by atoms with Crippen LogP contribution in [0.5, 0.6) is 0 Å². The third-order valence-corrected chi connectivity index (χ3v) is 6.06. The summed E-state index contributed by atoms with van der Waals surface area (Å²) in [5.74, 6) is -2.26. The first kappa shape index (κ1) is 19.5.